The summed E-state index contributed by atoms with van der Waals surface area (Å²) in [6.45, 7) is 6.00. The van der Waals surface area contributed by atoms with E-state index in [2.05, 4.69) is 9.80 Å². The van der Waals surface area contributed by atoms with Gasteiger partial charge in [0, 0.05) is 39.0 Å². The molecule has 0 radical (unpaired) electrons. The Balaban J connectivity index is 1.47. The summed E-state index contributed by atoms with van der Waals surface area (Å²) in [5.74, 6) is -2.89. The molecule has 3 aliphatic rings. The molecule has 4 rings (SSSR count). The molecule has 11 heteroatoms. The Morgan fingerprint density at radius 1 is 0.854 bits per heavy atom. The third kappa shape index (κ3) is 9.16. The molecule has 41 heavy (non-hydrogen) atoms. The maximum absolute atomic E-state index is 13.6. The number of ether oxygens (including phenoxy) is 5. The first-order chi connectivity index (χ1) is 19.8. The molecule has 1 aromatic rings. The van der Waals surface area contributed by atoms with Crippen LogP contribution in [0.2, 0.25) is 0 Å². The summed E-state index contributed by atoms with van der Waals surface area (Å²) in [5, 5.41) is 0. The molecule has 9 nitrogen and oxygen atoms in total. The summed E-state index contributed by atoms with van der Waals surface area (Å²) >= 11 is 0. The second kappa shape index (κ2) is 15.0. The molecular formula is C30H44F2N2O7. The molecule has 1 aliphatic carbocycles. The predicted octanol–water partition coefficient (Wildman–Crippen LogP) is 4.56. The van der Waals surface area contributed by atoms with Crippen molar-refractivity contribution in [2.75, 3.05) is 66.7 Å². The zero-order valence-electron chi connectivity index (χ0n) is 24.3. The first-order valence-corrected chi connectivity index (χ1v) is 14.9. The van der Waals surface area contributed by atoms with E-state index in [4.69, 9.17) is 23.7 Å². The first-order valence-electron chi connectivity index (χ1n) is 14.9. The van der Waals surface area contributed by atoms with Gasteiger partial charge in [-0.3, -0.25) is 4.79 Å². The van der Waals surface area contributed by atoms with Gasteiger partial charge in [0.15, 0.2) is 11.5 Å². The zero-order valence-corrected chi connectivity index (χ0v) is 24.3. The van der Waals surface area contributed by atoms with Gasteiger partial charge in [0.05, 0.1) is 38.9 Å². The molecule has 1 saturated carbocycles. The monoisotopic (exact) mass is 582 g/mol. The van der Waals surface area contributed by atoms with Crippen LogP contribution in [0.15, 0.2) is 12.1 Å². The Kier molecular flexibility index (Phi) is 11.4. The van der Waals surface area contributed by atoms with Crippen LogP contribution >= 0.6 is 0 Å². The standard InChI is InChI=1S/C30H44F2N2O7/c1-37-25-20-23-21-26(27(25)38-2)39-18-3-6-24(41-29(36)22-7-10-30(31,32)11-8-22)9-15-34-13-4-12-33(16-17-34)14-5-19-40-28(23)35/h20-22,24H,3-19H2,1-2H3. The normalized spacial score (nSPS) is 26.7. The molecular weight excluding hydrogens is 538 g/mol. The van der Waals surface area contributed by atoms with Crippen molar-refractivity contribution < 1.29 is 42.1 Å². The van der Waals surface area contributed by atoms with Crippen LogP contribution in [-0.4, -0.2) is 100 Å². The Bertz CT molecular complexity index is 1010. The van der Waals surface area contributed by atoms with Crippen molar-refractivity contribution in [3.63, 3.8) is 0 Å². The molecule has 0 N–H and O–H groups in total. The van der Waals surface area contributed by atoms with Crippen LogP contribution in [0.25, 0.3) is 0 Å². The third-order valence-corrected chi connectivity index (χ3v) is 8.24. The van der Waals surface area contributed by atoms with Crippen molar-refractivity contribution in [1.29, 1.82) is 0 Å². The number of carbonyl (C=O) groups is 2. The number of esters is 2. The molecule has 0 aromatic heterocycles. The van der Waals surface area contributed by atoms with Crippen LogP contribution in [0.4, 0.5) is 8.78 Å². The number of halogens is 2. The average molecular weight is 583 g/mol. The maximum atomic E-state index is 13.6. The third-order valence-electron chi connectivity index (χ3n) is 8.24. The van der Waals surface area contributed by atoms with Crippen LogP contribution in [0.5, 0.6) is 17.2 Å². The van der Waals surface area contributed by atoms with Crippen molar-refractivity contribution in [3.05, 3.63) is 17.7 Å². The molecule has 4 bridgehead atoms. The lowest BCUT2D eigenvalue weighted by atomic mass is 9.87. The van der Waals surface area contributed by atoms with Crippen LogP contribution in [0, 0.1) is 5.92 Å². The van der Waals surface area contributed by atoms with Gasteiger partial charge >= 0.3 is 11.9 Å². The van der Waals surface area contributed by atoms with Crippen LogP contribution in [0.1, 0.15) is 68.1 Å². The number of alkyl halides is 2. The lowest BCUT2D eigenvalue weighted by molar-refractivity contribution is -0.159. The van der Waals surface area contributed by atoms with E-state index in [0.717, 1.165) is 52.1 Å². The summed E-state index contributed by atoms with van der Waals surface area (Å²) in [4.78, 5) is 30.6. The number of benzene rings is 1. The van der Waals surface area contributed by atoms with Crippen molar-refractivity contribution in [3.8, 4) is 17.2 Å². The number of nitrogens with zero attached hydrogens (tertiary/aromatic N) is 2. The smallest absolute Gasteiger partial charge is 0.338 e. The van der Waals surface area contributed by atoms with Gasteiger partial charge in [-0.15, -0.1) is 0 Å². The summed E-state index contributed by atoms with van der Waals surface area (Å²) in [7, 11) is 2.99. The largest absolute Gasteiger partial charge is 0.493 e. The fourth-order valence-electron chi connectivity index (χ4n) is 5.78. The van der Waals surface area contributed by atoms with E-state index in [-0.39, 0.29) is 37.8 Å². The molecule has 0 amide bonds. The number of rotatable bonds is 4. The SMILES string of the molecule is COc1cc2cc(c1OC)OCCCC(OC(=O)C1CCC(F)(F)CC1)CCN1CCCN(CCCOC2=O)CC1. The first kappa shape index (κ1) is 31.3. The maximum Gasteiger partial charge on any atom is 0.338 e. The van der Waals surface area contributed by atoms with Gasteiger partial charge in [0.25, 0.3) is 0 Å². The summed E-state index contributed by atoms with van der Waals surface area (Å²) < 4.78 is 55.7. The molecule has 0 spiro atoms. The highest BCUT2D eigenvalue weighted by molar-refractivity contribution is 5.91. The molecule has 1 saturated heterocycles. The summed E-state index contributed by atoms with van der Waals surface area (Å²) in [6, 6.07) is 3.17. The Labute approximate surface area is 241 Å². The molecule has 2 heterocycles. The van der Waals surface area contributed by atoms with Crippen molar-refractivity contribution >= 4 is 11.9 Å². The quantitative estimate of drug-likeness (QED) is 0.475. The van der Waals surface area contributed by atoms with Gasteiger partial charge < -0.3 is 33.5 Å². The number of carbonyl (C=O) groups excluding carboxylic acids is 2. The van der Waals surface area contributed by atoms with E-state index < -0.39 is 17.8 Å². The highest BCUT2D eigenvalue weighted by atomic mass is 19.3. The minimum absolute atomic E-state index is 0.157. The van der Waals surface area contributed by atoms with E-state index in [1.54, 1.807) is 12.1 Å². The highest BCUT2D eigenvalue weighted by Crippen LogP contribution is 2.39. The molecule has 3 atom stereocenters. The van der Waals surface area contributed by atoms with Gasteiger partial charge in [-0.25, -0.2) is 13.6 Å². The second-order valence-corrected chi connectivity index (χ2v) is 11.2. The fourth-order valence-corrected chi connectivity index (χ4v) is 5.78. The summed E-state index contributed by atoms with van der Waals surface area (Å²) in [5.41, 5.74) is 0.311. The van der Waals surface area contributed by atoms with Gasteiger partial charge in [0.2, 0.25) is 11.7 Å². The van der Waals surface area contributed by atoms with Gasteiger partial charge in [-0.2, -0.15) is 0 Å². The lowest BCUT2D eigenvalue weighted by Gasteiger charge is -2.29. The second-order valence-electron chi connectivity index (χ2n) is 11.2. The Morgan fingerprint density at radius 2 is 1.54 bits per heavy atom. The summed E-state index contributed by atoms with van der Waals surface area (Å²) in [6.07, 6.45) is 3.01. The Hall–Kier alpha value is -2.66. The van der Waals surface area contributed by atoms with E-state index >= 15 is 0 Å². The van der Waals surface area contributed by atoms with E-state index in [1.807, 2.05) is 0 Å². The van der Waals surface area contributed by atoms with Crippen LogP contribution in [0.3, 0.4) is 0 Å². The minimum atomic E-state index is -2.69. The average Bonchev–Trinajstić information content (AvgIpc) is 3.19. The van der Waals surface area contributed by atoms with Crippen LogP contribution < -0.4 is 14.2 Å². The highest BCUT2D eigenvalue weighted by Gasteiger charge is 2.38. The van der Waals surface area contributed by atoms with Crippen molar-refractivity contribution in [1.82, 2.24) is 9.80 Å². The number of fused-ring (bicyclic) bond motifs is 5. The van der Waals surface area contributed by atoms with Crippen molar-refractivity contribution in [2.24, 2.45) is 5.92 Å². The molecule has 3 unspecified atom stereocenters. The fraction of sp³-hybridized carbons (Fsp3) is 0.733. The number of hydrogen-bond acceptors (Lipinski definition) is 9. The van der Waals surface area contributed by atoms with Crippen LogP contribution in [-0.2, 0) is 14.3 Å². The molecule has 230 valence electrons. The van der Waals surface area contributed by atoms with E-state index in [1.165, 1.54) is 14.2 Å². The molecule has 2 fully saturated rings. The topological polar surface area (TPSA) is 86.8 Å². The number of cyclic esters (lactones) is 1. The van der Waals surface area contributed by atoms with E-state index in [0.29, 0.717) is 55.3 Å². The number of hydrogen-bond donors (Lipinski definition) is 0. The van der Waals surface area contributed by atoms with Gasteiger partial charge in [0.1, 0.15) is 6.10 Å². The molecule has 1 aromatic carbocycles. The number of methoxy groups -OCH3 is 2. The van der Waals surface area contributed by atoms with Gasteiger partial charge in [-0.1, -0.05) is 0 Å². The van der Waals surface area contributed by atoms with Crippen molar-refractivity contribution in [2.45, 2.75) is 69.8 Å². The van der Waals surface area contributed by atoms with E-state index in [9.17, 15) is 18.4 Å². The zero-order chi connectivity index (χ0) is 29.2. The minimum Gasteiger partial charge on any atom is -0.493 e. The van der Waals surface area contributed by atoms with Gasteiger partial charge in [-0.05, 0) is 70.2 Å². The Morgan fingerprint density at radius 3 is 2.24 bits per heavy atom. The lowest BCUT2D eigenvalue weighted by Crippen LogP contribution is -2.35. The molecule has 2 aliphatic heterocycles. The predicted molar refractivity (Wildman–Crippen MR) is 148 cm³/mol.